The lowest BCUT2D eigenvalue weighted by atomic mass is 10.1. The van der Waals surface area contributed by atoms with E-state index in [0.717, 1.165) is 5.69 Å². The second-order valence-electron chi connectivity index (χ2n) is 6.34. The fourth-order valence-corrected chi connectivity index (χ4v) is 2.83. The van der Waals surface area contributed by atoms with E-state index in [1.807, 2.05) is 20.8 Å². The van der Waals surface area contributed by atoms with E-state index >= 15 is 0 Å². The zero-order valence-corrected chi connectivity index (χ0v) is 14.0. The number of nitrogens with one attached hydrogen (secondary N) is 2. The Morgan fingerprint density at radius 3 is 2.79 bits per heavy atom. The normalized spacial score (nSPS) is 16.1. The van der Waals surface area contributed by atoms with Gasteiger partial charge in [-0.05, 0) is 39.0 Å². The number of aromatic nitrogens is 3. The zero-order chi connectivity index (χ0) is 17.3. The molecule has 0 aliphatic carbocycles. The standard InChI is InChI=1S/C17H21N5O2/c1-10(2)19-17(24)15-8-13-7-12(9-22(13)21-15)20-16(23)14-5-4-6-18-11(14)3/h4-6,8,10,12H,7,9H2,1-3H3,(H,19,24)(H,20,23)/t12-/m0/s1. The van der Waals surface area contributed by atoms with E-state index in [2.05, 4.69) is 20.7 Å². The highest BCUT2D eigenvalue weighted by Crippen LogP contribution is 2.17. The summed E-state index contributed by atoms with van der Waals surface area (Å²) in [6.07, 6.45) is 2.33. The van der Waals surface area contributed by atoms with Crippen LogP contribution in [-0.4, -0.2) is 38.7 Å². The van der Waals surface area contributed by atoms with Gasteiger partial charge in [-0.2, -0.15) is 5.10 Å². The molecule has 0 bridgehead atoms. The number of hydrogen-bond acceptors (Lipinski definition) is 4. The lowest BCUT2D eigenvalue weighted by Gasteiger charge is -2.13. The molecule has 0 radical (unpaired) electrons. The monoisotopic (exact) mass is 327 g/mol. The molecule has 3 heterocycles. The Balaban J connectivity index is 1.63. The molecule has 2 N–H and O–H groups in total. The molecule has 0 unspecified atom stereocenters. The highest BCUT2D eigenvalue weighted by Gasteiger charge is 2.27. The van der Waals surface area contributed by atoms with E-state index < -0.39 is 0 Å². The van der Waals surface area contributed by atoms with Crippen molar-refractivity contribution in [2.24, 2.45) is 0 Å². The molecule has 3 rings (SSSR count). The molecular formula is C17H21N5O2. The van der Waals surface area contributed by atoms with Crippen LogP contribution in [0.25, 0.3) is 0 Å². The Hall–Kier alpha value is -2.70. The third-order valence-corrected chi connectivity index (χ3v) is 3.95. The molecule has 0 spiro atoms. The van der Waals surface area contributed by atoms with E-state index in [1.54, 1.807) is 29.1 Å². The predicted octanol–water partition coefficient (Wildman–Crippen LogP) is 1.08. The van der Waals surface area contributed by atoms with Gasteiger partial charge in [-0.3, -0.25) is 19.3 Å². The van der Waals surface area contributed by atoms with E-state index in [-0.39, 0.29) is 23.9 Å². The molecule has 7 heteroatoms. The van der Waals surface area contributed by atoms with E-state index in [9.17, 15) is 9.59 Å². The molecule has 1 aliphatic rings. The van der Waals surface area contributed by atoms with Crippen LogP contribution in [0.15, 0.2) is 24.4 Å². The minimum absolute atomic E-state index is 0.0261. The van der Waals surface area contributed by atoms with Crippen LogP contribution in [-0.2, 0) is 13.0 Å². The summed E-state index contributed by atoms with van der Waals surface area (Å²) in [4.78, 5) is 28.5. The Kier molecular flexibility index (Phi) is 4.33. The number of carbonyl (C=O) groups excluding carboxylic acids is 2. The Morgan fingerprint density at radius 2 is 2.12 bits per heavy atom. The summed E-state index contributed by atoms with van der Waals surface area (Å²) in [7, 11) is 0. The average molecular weight is 327 g/mol. The maximum atomic E-state index is 12.3. The fraction of sp³-hybridized carbons (Fsp3) is 0.412. The van der Waals surface area contributed by atoms with E-state index in [0.29, 0.717) is 29.9 Å². The van der Waals surface area contributed by atoms with Crippen molar-refractivity contribution in [3.63, 3.8) is 0 Å². The van der Waals surface area contributed by atoms with Crippen LogP contribution >= 0.6 is 0 Å². The number of pyridine rings is 1. The van der Waals surface area contributed by atoms with Crippen molar-refractivity contribution in [3.05, 3.63) is 47.0 Å². The van der Waals surface area contributed by atoms with Crippen LogP contribution in [0.2, 0.25) is 0 Å². The molecule has 126 valence electrons. The van der Waals surface area contributed by atoms with Gasteiger partial charge in [-0.25, -0.2) is 0 Å². The summed E-state index contributed by atoms with van der Waals surface area (Å²) >= 11 is 0. The summed E-state index contributed by atoms with van der Waals surface area (Å²) in [5, 5.41) is 10.2. The summed E-state index contributed by atoms with van der Waals surface area (Å²) in [5.41, 5.74) is 2.67. The van der Waals surface area contributed by atoms with Gasteiger partial charge in [0.05, 0.1) is 18.2 Å². The molecule has 7 nitrogen and oxygen atoms in total. The first-order valence-electron chi connectivity index (χ1n) is 8.04. The predicted molar refractivity (Wildman–Crippen MR) is 88.8 cm³/mol. The van der Waals surface area contributed by atoms with Crippen LogP contribution in [0.3, 0.4) is 0 Å². The number of nitrogens with zero attached hydrogens (tertiary/aromatic N) is 3. The minimum atomic E-state index is -0.168. The number of amides is 2. The lowest BCUT2D eigenvalue weighted by molar-refractivity contribution is 0.0923. The summed E-state index contributed by atoms with van der Waals surface area (Å²) < 4.78 is 1.79. The smallest absolute Gasteiger partial charge is 0.271 e. The molecule has 24 heavy (non-hydrogen) atoms. The molecular weight excluding hydrogens is 306 g/mol. The van der Waals surface area contributed by atoms with Crippen LogP contribution in [0.4, 0.5) is 0 Å². The van der Waals surface area contributed by atoms with Gasteiger partial charge in [-0.15, -0.1) is 0 Å². The molecule has 2 amide bonds. The molecule has 2 aromatic heterocycles. The van der Waals surface area contributed by atoms with Crippen LogP contribution in [0.1, 0.15) is 46.1 Å². The van der Waals surface area contributed by atoms with Gasteiger partial charge in [0, 0.05) is 30.0 Å². The van der Waals surface area contributed by atoms with Gasteiger partial charge in [0.15, 0.2) is 0 Å². The second-order valence-corrected chi connectivity index (χ2v) is 6.34. The second kappa shape index (κ2) is 6.43. The minimum Gasteiger partial charge on any atom is -0.348 e. The van der Waals surface area contributed by atoms with E-state index in [4.69, 9.17) is 0 Å². The molecule has 0 fully saturated rings. The van der Waals surface area contributed by atoms with Crippen molar-refractivity contribution in [1.29, 1.82) is 0 Å². The molecule has 1 aliphatic heterocycles. The molecule has 0 saturated heterocycles. The van der Waals surface area contributed by atoms with Gasteiger partial charge in [0.25, 0.3) is 11.8 Å². The number of aryl methyl sites for hydroxylation is 1. The van der Waals surface area contributed by atoms with E-state index in [1.165, 1.54) is 0 Å². The number of rotatable bonds is 4. The van der Waals surface area contributed by atoms with Gasteiger partial charge in [0.2, 0.25) is 0 Å². The Labute approximate surface area is 140 Å². The van der Waals surface area contributed by atoms with Crippen molar-refractivity contribution in [2.75, 3.05) is 0 Å². The van der Waals surface area contributed by atoms with Crippen molar-refractivity contribution >= 4 is 11.8 Å². The zero-order valence-electron chi connectivity index (χ0n) is 14.0. The SMILES string of the molecule is Cc1ncccc1C(=O)N[C@H]1Cc2cc(C(=O)NC(C)C)nn2C1. The van der Waals surface area contributed by atoms with Gasteiger partial charge < -0.3 is 10.6 Å². The highest BCUT2D eigenvalue weighted by atomic mass is 16.2. The largest absolute Gasteiger partial charge is 0.348 e. The maximum Gasteiger partial charge on any atom is 0.271 e. The summed E-state index contributed by atoms with van der Waals surface area (Å²) in [6, 6.07) is 5.35. The number of hydrogen-bond donors (Lipinski definition) is 2. The topological polar surface area (TPSA) is 88.9 Å². The molecule has 2 aromatic rings. The molecule has 1 atom stereocenters. The van der Waals surface area contributed by atoms with Gasteiger partial charge in [0.1, 0.15) is 5.69 Å². The third-order valence-electron chi connectivity index (χ3n) is 3.95. The first-order chi connectivity index (χ1) is 11.4. The van der Waals surface area contributed by atoms with Crippen molar-refractivity contribution in [2.45, 2.75) is 45.8 Å². The quantitative estimate of drug-likeness (QED) is 0.879. The number of fused-ring (bicyclic) bond motifs is 1. The number of carbonyl (C=O) groups is 2. The third kappa shape index (κ3) is 3.29. The van der Waals surface area contributed by atoms with Gasteiger partial charge >= 0.3 is 0 Å². The van der Waals surface area contributed by atoms with Crippen molar-refractivity contribution in [1.82, 2.24) is 25.4 Å². The van der Waals surface area contributed by atoms with Gasteiger partial charge in [-0.1, -0.05) is 0 Å². The first-order valence-corrected chi connectivity index (χ1v) is 8.04. The van der Waals surface area contributed by atoms with Crippen molar-refractivity contribution in [3.8, 4) is 0 Å². The molecule has 0 aromatic carbocycles. The van der Waals surface area contributed by atoms with Crippen molar-refractivity contribution < 1.29 is 9.59 Å². The Bertz CT molecular complexity index is 758. The average Bonchev–Trinajstić information content (AvgIpc) is 3.05. The van der Waals surface area contributed by atoms with Crippen LogP contribution in [0.5, 0.6) is 0 Å². The fourth-order valence-electron chi connectivity index (χ4n) is 2.83. The van der Waals surface area contributed by atoms with Crippen LogP contribution < -0.4 is 10.6 Å². The summed E-state index contributed by atoms with van der Waals surface area (Å²) in [5.74, 6) is -0.299. The van der Waals surface area contributed by atoms with Crippen LogP contribution in [0, 0.1) is 6.92 Å². The summed E-state index contributed by atoms with van der Waals surface area (Å²) in [6.45, 7) is 6.20. The maximum absolute atomic E-state index is 12.3. The Morgan fingerprint density at radius 1 is 1.33 bits per heavy atom. The molecule has 0 saturated carbocycles. The lowest BCUT2D eigenvalue weighted by Crippen LogP contribution is -2.36. The highest BCUT2D eigenvalue weighted by molar-refractivity contribution is 5.95. The first kappa shape index (κ1) is 16.2.